The largest absolute Gasteiger partial charge is 0.339 e. The van der Waals surface area contributed by atoms with Gasteiger partial charge in [0.2, 0.25) is 17.6 Å². The van der Waals surface area contributed by atoms with E-state index in [1.54, 1.807) is 6.20 Å². The first-order valence-corrected chi connectivity index (χ1v) is 8.47. The number of aromatic amines is 1. The molecule has 2 N–H and O–H groups in total. The normalized spacial score (nSPS) is 10.7. The molecule has 2 aromatic carbocycles. The number of H-pyrrole nitrogens is 1. The molecule has 4 aromatic rings. The molecule has 0 radical (unpaired) electrons. The molecule has 2 heterocycles. The van der Waals surface area contributed by atoms with E-state index in [9.17, 15) is 4.79 Å². The van der Waals surface area contributed by atoms with Gasteiger partial charge in [-0.05, 0) is 29.8 Å². The molecule has 2 aromatic heterocycles. The summed E-state index contributed by atoms with van der Waals surface area (Å²) in [6.07, 6.45) is 2.24. The quantitative estimate of drug-likeness (QED) is 0.567. The molecule has 0 unspecified atom stereocenters. The summed E-state index contributed by atoms with van der Waals surface area (Å²) < 4.78 is 5.40. The van der Waals surface area contributed by atoms with Crippen LogP contribution in [0.2, 0.25) is 0 Å². The molecule has 0 aliphatic carbocycles. The van der Waals surface area contributed by atoms with Crippen LogP contribution in [0.1, 0.15) is 18.4 Å². The highest BCUT2D eigenvalue weighted by molar-refractivity contribution is 5.88. The van der Waals surface area contributed by atoms with Gasteiger partial charge in [0, 0.05) is 29.9 Å². The van der Waals surface area contributed by atoms with Gasteiger partial charge in [-0.3, -0.25) is 9.89 Å². The Labute approximate surface area is 155 Å². The molecule has 7 heteroatoms. The van der Waals surface area contributed by atoms with E-state index >= 15 is 0 Å². The van der Waals surface area contributed by atoms with Crippen LogP contribution < -0.4 is 5.32 Å². The molecule has 4 rings (SSSR count). The number of carbonyl (C=O) groups is 1. The van der Waals surface area contributed by atoms with Crippen LogP contribution in [0.15, 0.2) is 65.3 Å². The van der Waals surface area contributed by atoms with Crippen LogP contribution in [0.4, 0.5) is 5.69 Å². The number of anilines is 1. The summed E-state index contributed by atoms with van der Waals surface area (Å²) in [4.78, 5) is 15.6. The number of benzene rings is 2. The Morgan fingerprint density at radius 1 is 1.11 bits per heavy atom. The molecular formula is C20H17N5O2. The Bertz CT molecular complexity index is 1050. The van der Waals surface area contributed by atoms with Crippen LogP contribution in [0.5, 0.6) is 0 Å². The summed E-state index contributed by atoms with van der Waals surface area (Å²) >= 11 is 0. The highest BCUT2D eigenvalue weighted by Crippen LogP contribution is 2.23. The predicted octanol–water partition coefficient (Wildman–Crippen LogP) is 3.68. The highest BCUT2D eigenvalue weighted by Gasteiger charge is 2.11. The van der Waals surface area contributed by atoms with Crippen LogP contribution in [0.3, 0.4) is 0 Å². The number of amides is 1. The van der Waals surface area contributed by atoms with Gasteiger partial charge in [-0.15, -0.1) is 0 Å². The summed E-state index contributed by atoms with van der Waals surface area (Å²) in [6.45, 7) is 1.48. The Morgan fingerprint density at radius 3 is 2.67 bits per heavy atom. The number of hydrogen-bond acceptors (Lipinski definition) is 5. The van der Waals surface area contributed by atoms with Crippen molar-refractivity contribution in [1.29, 1.82) is 0 Å². The van der Waals surface area contributed by atoms with Gasteiger partial charge in [0.15, 0.2) is 0 Å². The van der Waals surface area contributed by atoms with E-state index in [-0.39, 0.29) is 5.91 Å². The Kier molecular flexibility index (Phi) is 4.49. The maximum Gasteiger partial charge on any atom is 0.231 e. The van der Waals surface area contributed by atoms with Gasteiger partial charge in [0.1, 0.15) is 0 Å². The first-order valence-electron chi connectivity index (χ1n) is 8.47. The number of nitrogens with zero attached hydrogens (tertiary/aromatic N) is 3. The lowest BCUT2D eigenvalue weighted by molar-refractivity contribution is -0.114. The number of rotatable bonds is 5. The third kappa shape index (κ3) is 3.92. The second-order valence-corrected chi connectivity index (χ2v) is 6.12. The fourth-order valence-corrected chi connectivity index (χ4v) is 2.77. The first-order chi connectivity index (χ1) is 13.2. The lowest BCUT2D eigenvalue weighted by Crippen LogP contribution is -2.05. The molecule has 0 saturated heterocycles. The van der Waals surface area contributed by atoms with Crippen molar-refractivity contribution in [2.45, 2.75) is 13.3 Å². The molecule has 7 nitrogen and oxygen atoms in total. The van der Waals surface area contributed by atoms with Crippen molar-refractivity contribution >= 4 is 11.6 Å². The topological polar surface area (TPSA) is 96.7 Å². The smallest absolute Gasteiger partial charge is 0.231 e. The van der Waals surface area contributed by atoms with Crippen LogP contribution in [-0.2, 0) is 11.2 Å². The number of hydrogen-bond donors (Lipinski definition) is 2. The third-order valence-corrected chi connectivity index (χ3v) is 4.03. The standard InChI is InChI=1S/C20H17N5O2/c1-13(26)22-17-7-5-14(6-8-17)11-19-23-20(25-27-19)16-4-2-3-15(12-16)18-9-10-21-24-18/h2-10,12H,11H2,1H3,(H,21,24)(H,22,26). The fraction of sp³-hybridized carbons (Fsp3) is 0.100. The van der Waals surface area contributed by atoms with Gasteiger partial charge in [-0.25, -0.2) is 0 Å². The molecule has 134 valence electrons. The monoisotopic (exact) mass is 359 g/mol. The molecule has 1 amide bonds. The molecule has 0 aliphatic rings. The molecule has 0 fully saturated rings. The fourth-order valence-electron chi connectivity index (χ4n) is 2.77. The van der Waals surface area contributed by atoms with Gasteiger partial charge in [0.05, 0.1) is 12.1 Å². The average molecular weight is 359 g/mol. The lowest BCUT2D eigenvalue weighted by Gasteiger charge is -2.02. The SMILES string of the molecule is CC(=O)Nc1ccc(Cc2nc(-c3cccc(-c4ccn[nH]4)c3)no2)cc1. The zero-order valence-corrected chi connectivity index (χ0v) is 14.6. The van der Waals surface area contributed by atoms with Gasteiger partial charge < -0.3 is 9.84 Å². The van der Waals surface area contributed by atoms with E-state index in [0.29, 0.717) is 18.1 Å². The lowest BCUT2D eigenvalue weighted by atomic mass is 10.1. The maximum absolute atomic E-state index is 11.1. The molecule has 0 aliphatic heterocycles. The number of carbonyl (C=O) groups excluding carboxylic acids is 1. The minimum absolute atomic E-state index is 0.0957. The van der Waals surface area contributed by atoms with Crippen molar-refractivity contribution < 1.29 is 9.32 Å². The molecular weight excluding hydrogens is 342 g/mol. The van der Waals surface area contributed by atoms with E-state index < -0.39 is 0 Å². The van der Waals surface area contributed by atoms with Gasteiger partial charge in [0.25, 0.3) is 0 Å². The number of nitrogens with one attached hydrogen (secondary N) is 2. The third-order valence-electron chi connectivity index (χ3n) is 4.03. The summed E-state index contributed by atoms with van der Waals surface area (Å²) in [5.41, 5.74) is 4.58. The maximum atomic E-state index is 11.1. The molecule has 0 saturated carbocycles. The summed E-state index contributed by atoms with van der Waals surface area (Å²) in [5.74, 6) is 0.979. The van der Waals surface area contributed by atoms with E-state index in [1.807, 2.05) is 54.6 Å². The van der Waals surface area contributed by atoms with Crippen LogP contribution in [0.25, 0.3) is 22.6 Å². The highest BCUT2D eigenvalue weighted by atomic mass is 16.5. The molecule has 27 heavy (non-hydrogen) atoms. The average Bonchev–Trinajstić information content (AvgIpc) is 3.35. The van der Waals surface area contributed by atoms with Crippen molar-refractivity contribution in [3.05, 3.63) is 72.2 Å². The predicted molar refractivity (Wildman–Crippen MR) is 101 cm³/mol. The van der Waals surface area contributed by atoms with Gasteiger partial charge >= 0.3 is 0 Å². The van der Waals surface area contributed by atoms with Crippen molar-refractivity contribution in [1.82, 2.24) is 20.3 Å². The summed E-state index contributed by atoms with van der Waals surface area (Å²) in [5, 5.41) is 13.8. The van der Waals surface area contributed by atoms with Crippen molar-refractivity contribution in [3.63, 3.8) is 0 Å². The zero-order valence-electron chi connectivity index (χ0n) is 14.6. The summed E-state index contributed by atoms with van der Waals surface area (Å²) in [6, 6.07) is 17.3. The Morgan fingerprint density at radius 2 is 1.93 bits per heavy atom. The van der Waals surface area contributed by atoms with Crippen molar-refractivity contribution in [2.75, 3.05) is 5.32 Å². The number of aromatic nitrogens is 4. The first kappa shape index (κ1) is 16.7. The summed E-state index contributed by atoms with van der Waals surface area (Å²) in [7, 11) is 0. The van der Waals surface area contributed by atoms with Crippen molar-refractivity contribution in [2.24, 2.45) is 0 Å². The molecule has 0 atom stereocenters. The second-order valence-electron chi connectivity index (χ2n) is 6.12. The minimum atomic E-state index is -0.0957. The van der Waals surface area contributed by atoms with Crippen LogP contribution in [-0.4, -0.2) is 26.2 Å². The van der Waals surface area contributed by atoms with E-state index in [0.717, 1.165) is 28.1 Å². The van der Waals surface area contributed by atoms with E-state index in [4.69, 9.17) is 4.52 Å². The van der Waals surface area contributed by atoms with Gasteiger partial charge in [-0.1, -0.05) is 35.5 Å². The minimum Gasteiger partial charge on any atom is -0.339 e. The van der Waals surface area contributed by atoms with Crippen molar-refractivity contribution in [3.8, 4) is 22.6 Å². The zero-order chi connectivity index (χ0) is 18.6. The second kappa shape index (κ2) is 7.25. The van der Waals surface area contributed by atoms with E-state index in [1.165, 1.54) is 6.92 Å². The van der Waals surface area contributed by atoms with E-state index in [2.05, 4.69) is 25.7 Å². The van der Waals surface area contributed by atoms with Crippen LogP contribution in [0, 0.1) is 0 Å². The van der Waals surface area contributed by atoms with Gasteiger partial charge in [-0.2, -0.15) is 10.1 Å². The Hall–Kier alpha value is -3.74. The molecule has 0 bridgehead atoms. The van der Waals surface area contributed by atoms with Crippen LogP contribution >= 0.6 is 0 Å². The Balaban J connectivity index is 1.50. The molecule has 0 spiro atoms.